The quantitative estimate of drug-likeness (QED) is 0.660. The SMILES string of the molecule is CCc1cccc(-c2cc(O[Si]C)cc3ccccc23)n1. The third-order valence-electron chi connectivity index (χ3n) is 3.50. The van der Waals surface area contributed by atoms with Crippen LogP contribution in [0.2, 0.25) is 6.55 Å². The van der Waals surface area contributed by atoms with E-state index in [2.05, 4.69) is 61.5 Å². The van der Waals surface area contributed by atoms with Gasteiger partial charge in [-0.1, -0.05) is 37.3 Å². The van der Waals surface area contributed by atoms with Gasteiger partial charge in [0.15, 0.2) is 0 Å². The normalized spacial score (nSPS) is 10.8. The van der Waals surface area contributed by atoms with E-state index in [4.69, 9.17) is 9.41 Å². The molecule has 1 heterocycles. The molecule has 0 unspecified atom stereocenters. The van der Waals surface area contributed by atoms with Crippen molar-refractivity contribution in [1.29, 1.82) is 0 Å². The van der Waals surface area contributed by atoms with Gasteiger partial charge in [-0.25, -0.2) is 0 Å². The van der Waals surface area contributed by atoms with Crippen LogP contribution in [0.1, 0.15) is 12.6 Å². The molecule has 0 aliphatic rings. The Labute approximate surface area is 127 Å². The average molecular weight is 291 g/mol. The lowest BCUT2D eigenvalue weighted by molar-refractivity contribution is 0.601. The summed E-state index contributed by atoms with van der Waals surface area (Å²) in [6.07, 6.45) is 0.943. The smallest absolute Gasteiger partial charge is 0.307 e. The first kappa shape index (κ1) is 13.8. The van der Waals surface area contributed by atoms with Crippen LogP contribution in [-0.4, -0.2) is 14.7 Å². The lowest BCUT2D eigenvalue weighted by Gasteiger charge is -2.11. The van der Waals surface area contributed by atoms with E-state index in [1.807, 2.05) is 6.55 Å². The van der Waals surface area contributed by atoms with Crippen LogP contribution in [0.3, 0.4) is 0 Å². The van der Waals surface area contributed by atoms with Crippen molar-refractivity contribution in [3.63, 3.8) is 0 Å². The standard InChI is InChI=1S/C18H17NOSi/c1-3-14-8-6-10-18(19-14)17-12-15(20-21-2)11-13-7-4-5-9-16(13)17/h4-12H,3H2,1-2H3. The number of nitrogens with zero attached hydrogens (tertiary/aromatic N) is 1. The Morgan fingerprint density at radius 3 is 2.71 bits per heavy atom. The third-order valence-corrected chi connectivity index (χ3v) is 3.94. The van der Waals surface area contributed by atoms with Crippen molar-refractivity contribution in [3.8, 4) is 17.0 Å². The van der Waals surface area contributed by atoms with Crippen LogP contribution in [-0.2, 0) is 6.42 Å². The number of benzene rings is 2. The summed E-state index contributed by atoms with van der Waals surface area (Å²) in [6.45, 7) is 4.16. The van der Waals surface area contributed by atoms with Crippen LogP contribution in [0.5, 0.6) is 5.75 Å². The maximum atomic E-state index is 5.73. The van der Waals surface area contributed by atoms with Gasteiger partial charge in [0.1, 0.15) is 5.75 Å². The zero-order valence-corrected chi connectivity index (χ0v) is 13.3. The molecule has 2 radical (unpaired) electrons. The molecule has 0 fully saturated rings. The Bertz CT molecular complexity index is 770. The topological polar surface area (TPSA) is 22.1 Å². The van der Waals surface area contributed by atoms with Gasteiger partial charge in [0.05, 0.1) is 5.69 Å². The summed E-state index contributed by atoms with van der Waals surface area (Å²) in [6, 6.07) is 18.8. The summed E-state index contributed by atoms with van der Waals surface area (Å²) >= 11 is 0. The molecule has 104 valence electrons. The number of aromatic nitrogens is 1. The first-order valence-corrected chi connectivity index (χ1v) is 8.55. The number of fused-ring (bicyclic) bond motifs is 1. The number of aryl methyl sites for hydroxylation is 1. The summed E-state index contributed by atoms with van der Waals surface area (Å²) < 4.78 is 5.73. The predicted molar refractivity (Wildman–Crippen MR) is 88.8 cm³/mol. The van der Waals surface area contributed by atoms with E-state index in [1.54, 1.807) is 0 Å². The van der Waals surface area contributed by atoms with Crippen LogP contribution >= 0.6 is 0 Å². The van der Waals surface area contributed by atoms with E-state index in [9.17, 15) is 0 Å². The summed E-state index contributed by atoms with van der Waals surface area (Å²) in [4.78, 5) is 4.76. The highest BCUT2D eigenvalue weighted by molar-refractivity contribution is 6.26. The minimum atomic E-state index is 0.438. The molecule has 3 heteroatoms. The van der Waals surface area contributed by atoms with Gasteiger partial charge in [-0.2, -0.15) is 0 Å². The Kier molecular flexibility index (Phi) is 4.02. The molecule has 0 spiro atoms. The number of pyridine rings is 1. The predicted octanol–water partition coefficient (Wildman–Crippen LogP) is 4.51. The molecular weight excluding hydrogens is 274 g/mol. The molecular formula is C18H17NOSi. The van der Waals surface area contributed by atoms with E-state index in [-0.39, 0.29) is 0 Å². The van der Waals surface area contributed by atoms with Gasteiger partial charge in [-0.15, -0.1) is 0 Å². The number of rotatable bonds is 4. The Balaban J connectivity index is 2.23. The lowest BCUT2D eigenvalue weighted by atomic mass is 10.0. The average Bonchev–Trinajstić information content (AvgIpc) is 2.54. The van der Waals surface area contributed by atoms with E-state index >= 15 is 0 Å². The highest BCUT2D eigenvalue weighted by Crippen LogP contribution is 2.32. The first-order chi connectivity index (χ1) is 10.3. The molecule has 0 aliphatic heterocycles. The van der Waals surface area contributed by atoms with Crippen molar-refractivity contribution in [2.45, 2.75) is 19.9 Å². The minimum Gasteiger partial charge on any atom is -0.541 e. The number of hydrogen-bond acceptors (Lipinski definition) is 2. The van der Waals surface area contributed by atoms with Crippen molar-refractivity contribution in [2.75, 3.05) is 0 Å². The van der Waals surface area contributed by atoms with Crippen LogP contribution in [0.25, 0.3) is 22.0 Å². The van der Waals surface area contributed by atoms with Gasteiger partial charge < -0.3 is 4.43 Å². The maximum absolute atomic E-state index is 5.73. The fourth-order valence-corrected chi connectivity index (χ4v) is 2.85. The van der Waals surface area contributed by atoms with Gasteiger partial charge in [-0.3, -0.25) is 4.98 Å². The molecule has 1 aromatic heterocycles. The molecule has 0 amide bonds. The highest BCUT2D eigenvalue weighted by atomic mass is 28.2. The summed E-state index contributed by atoms with van der Waals surface area (Å²) in [5, 5.41) is 2.40. The van der Waals surface area contributed by atoms with Crippen LogP contribution in [0.15, 0.2) is 54.6 Å². The zero-order valence-electron chi connectivity index (χ0n) is 12.3. The Morgan fingerprint density at radius 2 is 1.90 bits per heavy atom. The fourth-order valence-electron chi connectivity index (χ4n) is 2.50. The van der Waals surface area contributed by atoms with Crippen molar-refractivity contribution in [1.82, 2.24) is 4.98 Å². The molecule has 0 atom stereocenters. The Morgan fingerprint density at radius 1 is 1.05 bits per heavy atom. The number of hydrogen-bond donors (Lipinski definition) is 0. The van der Waals surface area contributed by atoms with Gasteiger partial charge in [0, 0.05) is 11.3 Å². The molecule has 0 bridgehead atoms. The summed E-state index contributed by atoms with van der Waals surface area (Å²) in [5.41, 5.74) is 3.26. The second-order valence-electron chi connectivity index (χ2n) is 4.87. The fraction of sp³-hybridized carbons (Fsp3) is 0.167. The van der Waals surface area contributed by atoms with Crippen molar-refractivity contribution >= 4 is 20.5 Å². The van der Waals surface area contributed by atoms with Gasteiger partial charge in [0.25, 0.3) is 0 Å². The Hall–Kier alpha value is -2.13. The van der Waals surface area contributed by atoms with Crippen molar-refractivity contribution < 1.29 is 4.43 Å². The van der Waals surface area contributed by atoms with Crippen LogP contribution < -0.4 is 4.43 Å². The van der Waals surface area contributed by atoms with E-state index in [0.717, 1.165) is 29.1 Å². The van der Waals surface area contributed by atoms with Crippen LogP contribution in [0.4, 0.5) is 0 Å². The van der Waals surface area contributed by atoms with Crippen molar-refractivity contribution in [2.24, 2.45) is 0 Å². The van der Waals surface area contributed by atoms with Crippen molar-refractivity contribution in [3.05, 3.63) is 60.3 Å². The maximum Gasteiger partial charge on any atom is 0.307 e. The summed E-state index contributed by atoms with van der Waals surface area (Å²) in [5.74, 6) is 0.910. The van der Waals surface area contributed by atoms with E-state index < -0.39 is 0 Å². The zero-order chi connectivity index (χ0) is 14.7. The molecule has 3 rings (SSSR count). The third kappa shape index (κ3) is 2.83. The molecule has 3 aromatic rings. The van der Waals surface area contributed by atoms with Gasteiger partial charge in [-0.05, 0) is 48.0 Å². The lowest BCUT2D eigenvalue weighted by Crippen LogP contribution is -1.97. The molecule has 0 aliphatic carbocycles. The van der Waals surface area contributed by atoms with Crippen LogP contribution in [0, 0.1) is 0 Å². The molecule has 2 nitrogen and oxygen atoms in total. The second-order valence-corrected chi connectivity index (χ2v) is 5.48. The molecule has 0 saturated carbocycles. The monoisotopic (exact) mass is 291 g/mol. The van der Waals surface area contributed by atoms with Gasteiger partial charge in [0.2, 0.25) is 0 Å². The second kappa shape index (κ2) is 6.10. The largest absolute Gasteiger partial charge is 0.541 e. The van der Waals surface area contributed by atoms with E-state index in [0.29, 0.717) is 9.76 Å². The first-order valence-electron chi connectivity index (χ1n) is 7.14. The molecule has 0 saturated heterocycles. The van der Waals surface area contributed by atoms with Gasteiger partial charge >= 0.3 is 9.76 Å². The molecule has 2 aromatic carbocycles. The highest BCUT2D eigenvalue weighted by Gasteiger charge is 2.08. The van der Waals surface area contributed by atoms with E-state index in [1.165, 1.54) is 10.8 Å². The minimum absolute atomic E-state index is 0.438. The molecule has 21 heavy (non-hydrogen) atoms. The summed E-state index contributed by atoms with van der Waals surface area (Å²) in [7, 11) is 0.438. The molecule has 0 N–H and O–H groups in total.